The Balaban J connectivity index is 3.58. The Bertz CT molecular complexity index is 104. The molecule has 0 heterocycles. The van der Waals surface area contributed by atoms with E-state index >= 15 is 0 Å². The van der Waals surface area contributed by atoms with Crippen LogP contribution in [0.5, 0.6) is 0 Å². The molecule has 0 fully saturated rings. The summed E-state index contributed by atoms with van der Waals surface area (Å²) >= 11 is 0. The van der Waals surface area contributed by atoms with Gasteiger partial charge in [0, 0.05) is 12.1 Å². The molecular weight excluding hydrogens is 158 g/mol. The summed E-state index contributed by atoms with van der Waals surface area (Å²) in [6.07, 6.45) is 2.45. The van der Waals surface area contributed by atoms with E-state index in [1.807, 2.05) is 0 Å². The van der Waals surface area contributed by atoms with Crippen molar-refractivity contribution in [2.45, 2.75) is 66.5 Å². The molecule has 0 aromatic rings. The largest absolute Gasteiger partial charge is 0.236 e. The zero-order valence-electron chi connectivity index (χ0n) is 10.2. The first kappa shape index (κ1) is 13.0. The fourth-order valence-electron chi connectivity index (χ4n) is 1.92. The normalized spacial score (nSPS) is 16.6. The van der Waals surface area contributed by atoms with Crippen LogP contribution in [0.15, 0.2) is 0 Å². The molecule has 1 heteroatoms. The van der Waals surface area contributed by atoms with Crippen molar-refractivity contribution in [3.05, 3.63) is 0 Å². The minimum absolute atomic E-state index is 0.536. The number of hydrogen-bond acceptors (Lipinski definition) is 0. The first-order chi connectivity index (χ1) is 5.91. The number of hydrogen-bond donors (Lipinski definition) is 0. The van der Waals surface area contributed by atoms with Gasteiger partial charge in [-0.15, -0.1) is 0 Å². The predicted octanol–water partition coefficient (Wildman–Crippen LogP) is 3.46. The van der Waals surface area contributed by atoms with Gasteiger partial charge < -0.3 is 0 Å². The van der Waals surface area contributed by atoms with Crippen LogP contribution in [-0.4, -0.2) is 12.1 Å². The van der Waals surface area contributed by atoms with Crippen LogP contribution < -0.4 is 5.32 Å². The van der Waals surface area contributed by atoms with Crippen molar-refractivity contribution in [3.8, 4) is 0 Å². The zero-order chi connectivity index (χ0) is 10.4. The van der Waals surface area contributed by atoms with Gasteiger partial charge in [0.25, 0.3) is 0 Å². The second-order valence-corrected chi connectivity index (χ2v) is 5.11. The van der Waals surface area contributed by atoms with Crippen LogP contribution in [-0.2, 0) is 0 Å². The van der Waals surface area contributed by atoms with Gasteiger partial charge in [-0.05, 0) is 38.5 Å². The molecule has 0 aliphatic rings. The van der Waals surface area contributed by atoms with Gasteiger partial charge in [-0.2, -0.15) is 0 Å². The van der Waals surface area contributed by atoms with E-state index in [0.717, 1.165) is 11.8 Å². The lowest BCUT2D eigenvalue weighted by molar-refractivity contribution is 0.357. The van der Waals surface area contributed by atoms with Gasteiger partial charge in [-0.3, -0.25) is 0 Å². The fraction of sp³-hybridized carbons (Fsp3) is 1.00. The average Bonchev–Trinajstić information content (AvgIpc) is 1.80. The maximum atomic E-state index is 4.76. The molecule has 0 aliphatic heterocycles. The average molecular weight is 184 g/mol. The monoisotopic (exact) mass is 184 g/mol. The Kier molecular flexibility index (Phi) is 6.40. The Morgan fingerprint density at radius 3 is 1.23 bits per heavy atom. The zero-order valence-corrected chi connectivity index (χ0v) is 10.2. The lowest BCUT2D eigenvalue weighted by Gasteiger charge is -2.20. The molecule has 0 spiro atoms. The molecular formula is C12H26N. The van der Waals surface area contributed by atoms with Gasteiger partial charge in [0.1, 0.15) is 0 Å². The molecule has 0 aliphatic carbocycles. The topological polar surface area (TPSA) is 14.1 Å². The summed E-state index contributed by atoms with van der Waals surface area (Å²) in [6.45, 7) is 13.5. The Morgan fingerprint density at radius 1 is 0.692 bits per heavy atom. The van der Waals surface area contributed by atoms with Gasteiger partial charge in [0.15, 0.2) is 0 Å². The Hall–Kier alpha value is -0.0400. The number of nitrogens with zero attached hydrogens (tertiary/aromatic N) is 1. The van der Waals surface area contributed by atoms with Crippen LogP contribution in [0.1, 0.15) is 54.4 Å². The van der Waals surface area contributed by atoms with E-state index in [1.165, 1.54) is 12.8 Å². The number of rotatable bonds is 6. The predicted molar refractivity (Wildman–Crippen MR) is 60.0 cm³/mol. The molecule has 0 saturated carbocycles. The van der Waals surface area contributed by atoms with Gasteiger partial charge in [-0.25, -0.2) is 5.32 Å². The van der Waals surface area contributed by atoms with E-state index in [9.17, 15) is 0 Å². The molecule has 1 nitrogen and oxygen atoms in total. The third kappa shape index (κ3) is 8.29. The summed E-state index contributed by atoms with van der Waals surface area (Å²) in [7, 11) is 0. The van der Waals surface area contributed by atoms with E-state index < -0.39 is 0 Å². The molecule has 13 heavy (non-hydrogen) atoms. The lowest BCUT2D eigenvalue weighted by Crippen LogP contribution is -2.29. The highest BCUT2D eigenvalue weighted by molar-refractivity contribution is 4.69. The first-order valence-corrected chi connectivity index (χ1v) is 5.61. The highest BCUT2D eigenvalue weighted by Gasteiger charge is 2.11. The van der Waals surface area contributed by atoms with Crippen LogP contribution in [0.25, 0.3) is 0 Å². The highest BCUT2D eigenvalue weighted by Crippen LogP contribution is 2.10. The summed E-state index contributed by atoms with van der Waals surface area (Å²) in [6, 6.07) is 1.07. The van der Waals surface area contributed by atoms with Crippen molar-refractivity contribution < 1.29 is 0 Å². The van der Waals surface area contributed by atoms with E-state index in [2.05, 4.69) is 41.5 Å². The quantitative estimate of drug-likeness (QED) is 0.600. The molecule has 2 unspecified atom stereocenters. The third-order valence-corrected chi connectivity index (χ3v) is 2.13. The molecule has 0 aromatic heterocycles. The van der Waals surface area contributed by atoms with Crippen LogP contribution in [0, 0.1) is 11.8 Å². The highest BCUT2D eigenvalue weighted by atomic mass is 14.9. The SMILES string of the molecule is CC(C)CC(C)[N]C(C)CC(C)C. The van der Waals surface area contributed by atoms with E-state index in [-0.39, 0.29) is 0 Å². The molecule has 0 rings (SSSR count). The minimum atomic E-state index is 0.536. The fourth-order valence-corrected chi connectivity index (χ4v) is 1.92. The van der Waals surface area contributed by atoms with E-state index in [0.29, 0.717) is 12.1 Å². The van der Waals surface area contributed by atoms with Crippen molar-refractivity contribution in [1.82, 2.24) is 5.32 Å². The van der Waals surface area contributed by atoms with Crippen molar-refractivity contribution in [3.63, 3.8) is 0 Å². The summed E-state index contributed by atoms with van der Waals surface area (Å²) in [4.78, 5) is 0. The minimum Gasteiger partial charge on any atom is -0.236 e. The van der Waals surface area contributed by atoms with Gasteiger partial charge in [0.05, 0.1) is 0 Å². The molecule has 0 amide bonds. The van der Waals surface area contributed by atoms with Crippen molar-refractivity contribution in [1.29, 1.82) is 0 Å². The third-order valence-electron chi connectivity index (χ3n) is 2.13. The van der Waals surface area contributed by atoms with E-state index in [4.69, 9.17) is 5.32 Å². The molecule has 79 valence electrons. The summed E-state index contributed by atoms with van der Waals surface area (Å²) in [5.74, 6) is 1.54. The van der Waals surface area contributed by atoms with Crippen LogP contribution in [0.2, 0.25) is 0 Å². The Labute approximate surface area is 84.3 Å². The van der Waals surface area contributed by atoms with Gasteiger partial charge in [0.2, 0.25) is 0 Å². The first-order valence-electron chi connectivity index (χ1n) is 5.61. The van der Waals surface area contributed by atoms with Crippen LogP contribution >= 0.6 is 0 Å². The molecule has 0 aromatic carbocycles. The summed E-state index contributed by atoms with van der Waals surface area (Å²) < 4.78 is 0. The van der Waals surface area contributed by atoms with Gasteiger partial charge in [-0.1, -0.05) is 27.7 Å². The standard InChI is InChI=1S/C12H26N/c1-9(2)7-11(5)13-12(6)8-10(3)4/h9-12H,7-8H2,1-6H3. The van der Waals surface area contributed by atoms with Crippen molar-refractivity contribution >= 4 is 0 Å². The maximum Gasteiger partial charge on any atom is 0.0223 e. The molecule has 0 bridgehead atoms. The van der Waals surface area contributed by atoms with Crippen molar-refractivity contribution in [2.24, 2.45) is 11.8 Å². The second kappa shape index (κ2) is 6.42. The van der Waals surface area contributed by atoms with Gasteiger partial charge >= 0.3 is 0 Å². The molecule has 0 N–H and O–H groups in total. The maximum absolute atomic E-state index is 4.76. The molecule has 2 atom stereocenters. The second-order valence-electron chi connectivity index (χ2n) is 5.11. The van der Waals surface area contributed by atoms with E-state index in [1.54, 1.807) is 0 Å². The molecule has 0 saturated heterocycles. The van der Waals surface area contributed by atoms with Crippen LogP contribution in [0.4, 0.5) is 0 Å². The molecule has 1 radical (unpaired) electrons. The smallest absolute Gasteiger partial charge is 0.0223 e. The summed E-state index contributed by atoms with van der Waals surface area (Å²) in [5.41, 5.74) is 0. The van der Waals surface area contributed by atoms with Crippen LogP contribution in [0.3, 0.4) is 0 Å². The Morgan fingerprint density at radius 2 is 1.00 bits per heavy atom. The summed E-state index contributed by atoms with van der Waals surface area (Å²) in [5, 5.41) is 4.76. The lowest BCUT2D eigenvalue weighted by atomic mass is 10.0. The van der Waals surface area contributed by atoms with Crippen molar-refractivity contribution in [2.75, 3.05) is 0 Å².